The molecular formula is C5H7F6NO. The van der Waals surface area contributed by atoms with E-state index in [1.54, 1.807) is 0 Å². The quantitative estimate of drug-likeness (QED) is 0.670. The molecule has 8 heteroatoms. The lowest BCUT2D eigenvalue weighted by molar-refractivity contribution is -0.304. The van der Waals surface area contributed by atoms with E-state index >= 15 is 0 Å². The minimum atomic E-state index is -5.53. The van der Waals surface area contributed by atoms with E-state index in [0.717, 1.165) is 0 Å². The van der Waals surface area contributed by atoms with Crippen molar-refractivity contribution in [1.29, 1.82) is 0 Å². The molecule has 1 atom stereocenters. The Morgan fingerprint density at radius 2 is 1.31 bits per heavy atom. The molecule has 3 N–H and O–H groups in total. The maximum absolute atomic E-state index is 11.7. The van der Waals surface area contributed by atoms with Gasteiger partial charge in [-0.25, -0.2) is 0 Å². The summed E-state index contributed by atoms with van der Waals surface area (Å²) in [5.74, 6) is -3.77. The molecule has 1 unspecified atom stereocenters. The van der Waals surface area contributed by atoms with Gasteiger partial charge in [-0.15, -0.1) is 0 Å². The predicted molar refractivity (Wildman–Crippen MR) is 30.7 cm³/mol. The van der Waals surface area contributed by atoms with Crippen molar-refractivity contribution >= 4 is 0 Å². The molecule has 0 heterocycles. The van der Waals surface area contributed by atoms with Crippen LogP contribution >= 0.6 is 0 Å². The van der Waals surface area contributed by atoms with Gasteiger partial charge in [0.1, 0.15) is 0 Å². The van der Waals surface area contributed by atoms with Crippen LogP contribution in [0.25, 0.3) is 0 Å². The van der Waals surface area contributed by atoms with Gasteiger partial charge >= 0.3 is 12.4 Å². The van der Waals surface area contributed by atoms with Crippen LogP contribution in [0.4, 0.5) is 26.3 Å². The first kappa shape index (κ1) is 12.5. The minimum absolute atomic E-state index is 1.09. The molecule has 0 aromatic rings. The third-order valence-electron chi connectivity index (χ3n) is 1.33. The van der Waals surface area contributed by atoms with Crippen LogP contribution in [0.1, 0.15) is 0 Å². The highest BCUT2D eigenvalue weighted by Gasteiger charge is 2.59. The normalized spacial score (nSPS) is 16.4. The molecular weight excluding hydrogens is 204 g/mol. The Morgan fingerprint density at radius 3 is 1.38 bits per heavy atom. The third kappa shape index (κ3) is 3.39. The summed E-state index contributed by atoms with van der Waals surface area (Å²) in [5.41, 5.74) is 4.52. The third-order valence-corrected chi connectivity index (χ3v) is 1.33. The van der Waals surface area contributed by atoms with E-state index in [4.69, 9.17) is 5.11 Å². The summed E-state index contributed by atoms with van der Waals surface area (Å²) in [7, 11) is 0. The molecule has 0 aliphatic carbocycles. The largest absolute Gasteiger partial charge is 0.403 e. The molecule has 0 fully saturated rings. The van der Waals surface area contributed by atoms with Crippen molar-refractivity contribution in [3.8, 4) is 0 Å². The van der Waals surface area contributed by atoms with Crippen molar-refractivity contribution in [3.63, 3.8) is 0 Å². The Morgan fingerprint density at radius 1 is 1.00 bits per heavy atom. The second-order valence-electron chi connectivity index (χ2n) is 2.36. The molecule has 13 heavy (non-hydrogen) atoms. The summed E-state index contributed by atoms with van der Waals surface area (Å²) in [4.78, 5) is 0. The second kappa shape index (κ2) is 3.70. The summed E-state index contributed by atoms with van der Waals surface area (Å²) < 4.78 is 70.3. The number of nitrogens with two attached hydrogens (primary N) is 1. The van der Waals surface area contributed by atoms with Crippen LogP contribution in [-0.2, 0) is 0 Å². The first-order valence-electron chi connectivity index (χ1n) is 3.12. The molecule has 80 valence electrons. The number of alkyl halides is 6. The number of rotatable bonds is 2. The molecule has 0 spiro atoms. The molecule has 0 saturated carbocycles. The molecule has 0 amide bonds. The number of aliphatic hydroxyl groups is 1. The van der Waals surface area contributed by atoms with Gasteiger partial charge in [-0.2, -0.15) is 26.3 Å². The average Bonchev–Trinajstić information content (AvgIpc) is 1.80. The summed E-state index contributed by atoms with van der Waals surface area (Å²) in [6.45, 7) is -1.09. The molecule has 0 radical (unpaired) electrons. The zero-order valence-electron chi connectivity index (χ0n) is 6.15. The zero-order valence-corrected chi connectivity index (χ0v) is 6.15. The Labute approximate surface area is 69.3 Å². The highest BCUT2D eigenvalue weighted by Crippen LogP contribution is 2.40. The number of hydrogen-bond acceptors (Lipinski definition) is 2. The van der Waals surface area contributed by atoms with Gasteiger partial charge in [0, 0.05) is 6.54 Å². The van der Waals surface area contributed by atoms with Crippen LogP contribution in [0.2, 0.25) is 0 Å². The van der Waals surface area contributed by atoms with Crippen LogP contribution in [0.3, 0.4) is 0 Å². The number of hydrogen-bond donors (Lipinski definition) is 2. The maximum Gasteiger partial charge on any atom is 0.403 e. The standard InChI is InChI=1S/C5H7F6NO/c6-4(7,8)3(2(13)1-12)5(9,10)11/h2-3,13H,1,12H2. The monoisotopic (exact) mass is 211 g/mol. The van der Waals surface area contributed by atoms with Crippen molar-refractivity contribution in [1.82, 2.24) is 0 Å². The van der Waals surface area contributed by atoms with E-state index < -0.39 is 30.9 Å². The van der Waals surface area contributed by atoms with Gasteiger partial charge in [-0.1, -0.05) is 0 Å². The van der Waals surface area contributed by atoms with Crippen molar-refractivity contribution in [3.05, 3.63) is 0 Å². The van der Waals surface area contributed by atoms with Crippen molar-refractivity contribution in [2.75, 3.05) is 6.54 Å². The smallest absolute Gasteiger partial charge is 0.391 e. The summed E-state index contributed by atoms with van der Waals surface area (Å²) >= 11 is 0. The first-order valence-corrected chi connectivity index (χ1v) is 3.12. The van der Waals surface area contributed by atoms with Gasteiger partial charge in [0.25, 0.3) is 0 Å². The molecule has 0 rings (SSSR count). The summed E-state index contributed by atoms with van der Waals surface area (Å²) in [6.07, 6.45) is -13.7. The van der Waals surface area contributed by atoms with Crippen LogP contribution < -0.4 is 5.73 Å². The molecule has 0 aliphatic rings. The summed E-state index contributed by atoms with van der Waals surface area (Å²) in [5, 5.41) is 8.42. The fraction of sp³-hybridized carbons (Fsp3) is 1.00. The van der Waals surface area contributed by atoms with E-state index in [-0.39, 0.29) is 0 Å². The van der Waals surface area contributed by atoms with Gasteiger partial charge in [-0.05, 0) is 0 Å². The van der Waals surface area contributed by atoms with E-state index in [1.807, 2.05) is 0 Å². The van der Waals surface area contributed by atoms with Gasteiger partial charge in [-0.3, -0.25) is 0 Å². The zero-order chi connectivity index (χ0) is 10.9. The van der Waals surface area contributed by atoms with E-state index in [0.29, 0.717) is 0 Å². The number of aliphatic hydroxyl groups excluding tert-OH is 1. The van der Waals surface area contributed by atoms with Crippen LogP contribution in [0.5, 0.6) is 0 Å². The van der Waals surface area contributed by atoms with Crippen molar-refractivity contribution < 1.29 is 31.4 Å². The van der Waals surface area contributed by atoms with Gasteiger partial charge in [0.15, 0.2) is 5.92 Å². The lowest BCUT2D eigenvalue weighted by atomic mass is 10.0. The van der Waals surface area contributed by atoms with E-state index in [2.05, 4.69) is 5.73 Å². The molecule has 0 bridgehead atoms. The Hall–Kier alpha value is -0.500. The van der Waals surface area contributed by atoms with Crippen molar-refractivity contribution in [2.45, 2.75) is 18.5 Å². The molecule has 0 saturated heterocycles. The molecule has 0 aromatic heterocycles. The highest BCUT2D eigenvalue weighted by atomic mass is 19.4. The predicted octanol–water partition coefficient (Wildman–Crippen LogP) is 1.05. The van der Waals surface area contributed by atoms with Gasteiger partial charge < -0.3 is 10.8 Å². The van der Waals surface area contributed by atoms with E-state index in [1.165, 1.54) is 0 Å². The molecule has 2 nitrogen and oxygen atoms in total. The molecule has 0 aromatic carbocycles. The minimum Gasteiger partial charge on any atom is -0.391 e. The summed E-state index contributed by atoms with van der Waals surface area (Å²) in [6, 6.07) is 0. The Kier molecular flexibility index (Phi) is 3.56. The van der Waals surface area contributed by atoms with Crippen LogP contribution in [0.15, 0.2) is 0 Å². The van der Waals surface area contributed by atoms with E-state index in [9.17, 15) is 26.3 Å². The molecule has 0 aliphatic heterocycles. The highest BCUT2D eigenvalue weighted by molar-refractivity contribution is 4.82. The first-order chi connectivity index (χ1) is 5.60. The lowest BCUT2D eigenvalue weighted by Crippen LogP contribution is -2.47. The SMILES string of the molecule is NCC(O)C(C(F)(F)F)C(F)(F)F. The van der Waals surface area contributed by atoms with Gasteiger partial charge in [0.05, 0.1) is 6.10 Å². The lowest BCUT2D eigenvalue weighted by Gasteiger charge is -2.26. The van der Waals surface area contributed by atoms with Crippen LogP contribution in [0, 0.1) is 5.92 Å². The van der Waals surface area contributed by atoms with Gasteiger partial charge in [0.2, 0.25) is 0 Å². The fourth-order valence-electron chi connectivity index (χ4n) is 0.758. The number of halogens is 6. The van der Waals surface area contributed by atoms with Crippen molar-refractivity contribution in [2.24, 2.45) is 11.7 Å². The average molecular weight is 211 g/mol. The second-order valence-corrected chi connectivity index (χ2v) is 2.36. The Balaban J connectivity index is 4.78. The van der Waals surface area contributed by atoms with Crippen LogP contribution in [-0.4, -0.2) is 30.1 Å². The Bertz CT molecular complexity index is 149. The fourth-order valence-corrected chi connectivity index (χ4v) is 0.758. The maximum atomic E-state index is 11.7. The topological polar surface area (TPSA) is 46.2 Å².